The van der Waals surface area contributed by atoms with Crippen LogP contribution in [0.25, 0.3) is 6.08 Å². The molecule has 2 heterocycles. The molecule has 0 radical (unpaired) electrons. The van der Waals surface area contributed by atoms with E-state index in [1.807, 2.05) is 45.0 Å². The molecule has 1 N–H and O–H groups in total. The number of halogens is 1. The lowest BCUT2D eigenvalue weighted by molar-refractivity contribution is -0.179. The van der Waals surface area contributed by atoms with Gasteiger partial charge in [-0.15, -0.1) is 0 Å². The Morgan fingerprint density at radius 1 is 1.00 bits per heavy atom. The minimum absolute atomic E-state index is 0.0811. The predicted octanol–water partition coefficient (Wildman–Crippen LogP) is 3.54. The summed E-state index contributed by atoms with van der Waals surface area (Å²) in [4.78, 5) is 70.3. The van der Waals surface area contributed by atoms with Gasteiger partial charge in [0.05, 0.1) is 13.2 Å². The Morgan fingerprint density at radius 2 is 1.63 bits per heavy atom. The standard InChI is InChI=1S/C37H46IN3O10/c1-36(2,3)31(33(44)41-17-7-8-28(41)32(43)40(4)27-13-11-26(38)12-14-27)39-30(42)16-10-24-9-15-29-25(22-24)23-37(51-29,34(45)49-20-18-47-5)35(46)50-21-19-48-6/h9-16,22,28,31H,7-8,17-21,23H2,1-6H3,(H,39,42)/t28-,31+/m0/s1. The number of carbonyl (C=O) groups is 5. The van der Waals surface area contributed by atoms with E-state index in [9.17, 15) is 24.0 Å². The van der Waals surface area contributed by atoms with Gasteiger partial charge in [0.2, 0.25) is 17.7 Å². The number of amides is 3. The van der Waals surface area contributed by atoms with Gasteiger partial charge < -0.3 is 38.8 Å². The summed E-state index contributed by atoms with van der Waals surface area (Å²) in [5.74, 6) is -2.53. The highest BCUT2D eigenvalue weighted by atomic mass is 127. The van der Waals surface area contributed by atoms with E-state index in [0.29, 0.717) is 36.3 Å². The Bertz CT molecular complexity index is 1600. The zero-order valence-corrected chi connectivity index (χ0v) is 32.0. The zero-order chi connectivity index (χ0) is 37.3. The number of likely N-dealkylation sites (N-methyl/N-ethyl adjacent to an activating group) is 1. The van der Waals surface area contributed by atoms with Crippen LogP contribution in [0.1, 0.15) is 44.7 Å². The largest absolute Gasteiger partial charge is 0.463 e. The number of nitrogens with one attached hydrogen (secondary N) is 1. The summed E-state index contributed by atoms with van der Waals surface area (Å²) in [7, 11) is 4.62. The fourth-order valence-corrected chi connectivity index (χ4v) is 6.25. The zero-order valence-electron chi connectivity index (χ0n) is 29.9. The molecule has 2 aliphatic heterocycles. The summed E-state index contributed by atoms with van der Waals surface area (Å²) in [6, 6.07) is 11.0. The van der Waals surface area contributed by atoms with Crippen LogP contribution in [0.4, 0.5) is 5.69 Å². The molecule has 2 aromatic rings. The molecule has 2 aliphatic rings. The maximum atomic E-state index is 14.0. The number of hydrogen-bond donors (Lipinski definition) is 1. The van der Waals surface area contributed by atoms with E-state index in [0.717, 1.165) is 9.26 Å². The van der Waals surface area contributed by atoms with Gasteiger partial charge in [0.1, 0.15) is 31.0 Å². The molecule has 0 saturated carbocycles. The molecule has 13 nitrogen and oxygen atoms in total. The average Bonchev–Trinajstić information content (AvgIpc) is 3.75. The van der Waals surface area contributed by atoms with Gasteiger partial charge in [-0.05, 0) is 88.9 Å². The number of rotatable bonds is 14. The summed E-state index contributed by atoms with van der Waals surface area (Å²) >= 11 is 2.20. The first kappa shape index (κ1) is 39.8. The highest BCUT2D eigenvalue weighted by Crippen LogP contribution is 2.38. The minimum atomic E-state index is -2.05. The number of benzene rings is 2. The number of anilines is 1. The summed E-state index contributed by atoms with van der Waals surface area (Å²) < 4.78 is 27.4. The molecule has 51 heavy (non-hydrogen) atoms. The van der Waals surface area contributed by atoms with Gasteiger partial charge in [-0.1, -0.05) is 26.8 Å². The van der Waals surface area contributed by atoms with E-state index in [4.69, 9.17) is 23.7 Å². The maximum absolute atomic E-state index is 14.0. The molecule has 2 aromatic carbocycles. The van der Waals surface area contributed by atoms with Gasteiger partial charge in [0.25, 0.3) is 0 Å². The van der Waals surface area contributed by atoms with Gasteiger partial charge in [-0.2, -0.15) is 0 Å². The Labute approximate surface area is 312 Å². The average molecular weight is 820 g/mol. The summed E-state index contributed by atoms with van der Waals surface area (Å²) in [6.07, 6.45) is 3.93. The van der Waals surface area contributed by atoms with E-state index in [1.54, 1.807) is 41.1 Å². The molecule has 0 bridgehead atoms. The van der Waals surface area contributed by atoms with Crippen LogP contribution in [0, 0.1) is 8.99 Å². The van der Waals surface area contributed by atoms with Crippen molar-refractivity contribution in [2.45, 2.75) is 57.7 Å². The van der Waals surface area contributed by atoms with Gasteiger partial charge in [-0.3, -0.25) is 14.4 Å². The second kappa shape index (κ2) is 17.5. The highest BCUT2D eigenvalue weighted by Gasteiger charge is 2.56. The first-order valence-corrected chi connectivity index (χ1v) is 17.8. The molecule has 2 atom stereocenters. The van der Waals surface area contributed by atoms with Crippen LogP contribution in [-0.4, -0.2) is 106 Å². The van der Waals surface area contributed by atoms with E-state index >= 15 is 0 Å². The second-order valence-corrected chi connectivity index (χ2v) is 14.7. The van der Waals surface area contributed by atoms with Crippen molar-refractivity contribution in [3.05, 3.63) is 63.2 Å². The second-order valence-electron chi connectivity index (χ2n) is 13.4. The third kappa shape index (κ3) is 9.65. The Morgan fingerprint density at radius 3 is 2.22 bits per heavy atom. The molecule has 4 rings (SSSR count). The van der Waals surface area contributed by atoms with Crippen molar-refractivity contribution in [1.29, 1.82) is 0 Å². The number of carbonyl (C=O) groups excluding carboxylic acids is 5. The number of fused-ring (bicyclic) bond motifs is 1. The van der Waals surface area contributed by atoms with Crippen LogP contribution in [-0.2, 0) is 49.3 Å². The van der Waals surface area contributed by atoms with Gasteiger partial charge in [0, 0.05) is 55.1 Å². The maximum Gasteiger partial charge on any atom is 0.362 e. The smallest absolute Gasteiger partial charge is 0.362 e. The van der Waals surface area contributed by atoms with Crippen molar-refractivity contribution in [3.8, 4) is 5.75 Å². The lowest BCUT2D eigenvalue weighted by Gasteiger charge is -2.36. The van der Waals surface area contributed by atoms with Crippen LogP contribution >= 0.6 is 22.6 Å². The first-order chi connectivity index (χ1) is 24.2. The van der Waals surface area contributed by atoms with Crippen LogP contribution < -0.4 is 15.0 Å². The summed E-state index contributed by atoms with van der Waals surface area (Å²) in [6.45, 7) is 6.09. The number of hydrogen-bond acceptors (Lipinski definition) is 10. The lowest BCUT2D eigenvalue weighted by Crippen LogP contribution is -2.57. The number of ether oxygens (including phenoxy) is 5. The normalized spacial score (nSPS) is 17.0. The number of nitrogens with zero attached hydrogens (tertiary/aromatic N) is 2. The highest BCUT2D eigenvalue weighted by molar-refractivity contribution is 14.1. The van der Waals surface area contributed by atoms with Crippen molar-refractivity contribution < 1.29 is 47.7 Å². The van der Waals surface area contributed by atoms with E-state index in [2.05, 4.69) is 27.9 Å². The Hall–Kier alpha value is -4.02. The van der Waals surface area contributed by atoms with Gasteiger partial charge >= 0.3 is 17.5 Å². The molecule has 1 saturated heterocycles. The van der Waals surface area contributed by atoms with Crippen molar-refractivity contribution in [2.75, 3.05) is 59.1 Å². The van der Waals surface area contributed by atoms with Gasteiger partial charge in [-0.25, -0.2) is 9.59 Å². The van der Waals surface area contributed by atoms with Crippen LogP contribution in [0.15, 0.2) is 48.5 Å². The van der Waals surface area contributed by atoms with Gasteiger partial charge in [0.15, 0.2) is 0 Å². The molecular formula is C37H46IN3O10. The molecule has 1 fully saturated rings. The fraction of sp³-hybridized carbons (Fsp3) is 0.486. The lowest BCUT2D eigenvalue weighted by atomic mass is 9.85. The number of likely N-dealkylation sites (tertiary alicyclic amines) is 1. The van der Waals surface area contributed by atoms with Crippen molar-refractivity contribution in [1.82, 2.24) is 10.2 Å². The van der Waals surface area contributed by atoms with Crippen molar-refractivity contribution >= 4 is 64.0 Å². The predicted molar refractivity (Wildman–Crippen MR) is 197 cm³/mol. The first-order valence-electron chi connectivity index (χ1n) is 16.7. The van der Waals surface area contributed by atoms with Crippen LogP contribution in [0.2, 0.25) is 0 Å². The molecule has 0 unspecified atom stereocenters. The Balaban J connectivity index is 1.46. The topological polar surface area (TPSA) is 150 Å². The molecule has 276 valence electrons. The van der Waals surface area contributed by atoms with Crippen LogP contribution in [0.3, 0.4) is 0 Å². The molecule has 3 amide bonds. The van der Waals surface area contributed by atoms with Crippen LogP contribution in [0.5, 0.6) is 5.75 Å². The molecule has 0 aromatic heterocycles. The number of methoxy groups -OCH3 is 2. The molecule has 14 heteroatoms. The monoisotopic (exact) mass is 819 g/mol. The van der Waals surface area contributed by atoms with E-state index < -0.39 is 40.9 Å². The van der Waals surface area contributed by atoms with Crippen molar-refractivity contribution in [2.24, 2.45) is 5.41 Å². The molecule has 0 spiro atoms. The quantitative estimate of drug-likeness (QED) is 0.0987. The number of esters is 2. The summed E-state index contributed by atoms with van der Waals surface area (Å²) in [5, 5.41) is 2.86. The Kier molecular flexibility index (Phi) is 13.6. The molecular weight excluding hydrogens is 773 g/mol. The van der Waals surface area contributed by atoms with E-state index in [1.165, 1.54) is 20.3 Å². The third-order valence-corrected chi connectivity index (χ3v) is 9.42. The molecule has 0 aliphatic carbocycles. The third-order valence-electron chi connectivity index (χ3n) is 8.70. The minimum Gasteiger partial charge on any atom is -0.463 e. The summed E-state index contributed by atoms with van der Waals surface area (Å²) in [5.41, 5.74) is -0.854. The van der Waals surface area contributed by atoms with Crippen molar-refractivity contribution in [3.63, 3.8) is 0 Å². The fourth-order valence-electron chi connectivity index (χ4n) is 5.89. The SMILES string of the molecule is COCCOC(=O)C1(C(=O)OCCOC)Cc2cc(C=CC(=O)N[C@H](C(=O)N3CCC[C@H]3C(=O)N(C)c3ccc(I)cc3)C(C)(C)C)ccc2O1. The van der Waals surface area contributed by atoms with E-state index in [-0.39, 0.29) is 44.7 Å².